The molecule has 1 aromatic heterocycles. The third kappa shape index (κ3) is 5.85. The number of anilines is 2. The second-order valence-electron chi connectivity index (χ2n) is 4.32. The molecular formula is C13H24N4O2. The van der Waals surface area contributed by atoms with E-state index in [4.69, 9.17) is 15.2 Å². The molecule has 0 saturated carbocycles. The first-order valence-electron chi connectivity index (χ1n) is 6.66. The molecule has 6 nitrogen and oxygen atoms in total. The summed E-state index contributed by atoms with van der Waals surface area (Å²) in [6, 6.07) is 1.96. The van der Waals surface area contributed by atoms with Gasteiger partial charge in [0.1, 0.15) is 18.2 Å². The Labute approximate surface area is 114 Å². The van der Waals surface area contributed by atoms with Gasteiger partial charge >= 0.3 is 0 Å². The third-order valence-electron chi connectivity index (χ3n) is 2.58. The summed E-state index contributed by atoms with van der Waals surface area (Å²) in [6.07, 6.45) is 2.09. The molecule has 1 unspecified atom stereocenters. The fraction of sp³-hybridized carbons (Fsp3) is 0.692. The van der Waals surface area contributed by atoms with E-state index in [2.05, 4.69) is 22.2 Å². The van der Waals surface area contributed by atoms with E-state index in [0.29, 0.717) is 31.5 Å². The molecule has 0 aliphatic rings. The molecule has 0 radical (unpaired) electrons. The number of hydrogen-bond donors (Lipinski definition) is 2. The van der Waals surface area contributed by atoms with Crippen molar-refractivity contribution in [2.45, 2.75) is 39.3 Å². The molecule has 0 aromatic carbocycles. The summed E-state index contributed by atoms with van der Waals surface area (Å²) < 4.78 is 10.5. The molecule has 19 heavy (non-hydrogen) atoms. The lowest BCUT2D eigenvalue weighted by atomic mass is 10.2. The van der Waals surface area contributed by atoms with Crippen LogP contribution >= 0.6 is 0 Å². The Morgan fingerprint density at radius 1 is 1.37 bits per heavy atom. The molecule has 0 spiro atoms. The molecule has 0 aliphatic carbocycles. The van der Waals surface area contributed by atoms with Crippen LogP contribution in [0.5, 0.6) is 0 Å². The summed E-state index contributed by atoms with van der Waals surface area (Å²) in [4.78, 5) is 8.53. The minimum atomic E-state index is 0.226. The van der Waals surface area contributed by atoms with E-state index in [1.807, 2.05) is 6.92 Å². The summed E-state index contributed by atoms with van der Waals surface area (Å²) >= 11 is 0. The first-order valence-corrected chi connectivity index (χ1v) is 6.66. The van der Waals surface area contributed by atoms with E-state index in [1.54, 1.807) is 13.2 Å². The van der Waals surface area contributed by atoms with Crippen LogP contribution in [-0.4, -0.2) is 36.3 Å². The number of nitrogens with zero attached hydrogens (tertiary/aromatic N) is 2. The quantitative estimate of drug-likeness (QED) is 0.711. The number of aromatic nitrogens is 2. The Bertz CT molecular complexity index is 368. The van der Waals surface area contributed by atoms with Gasteiger partial charge in [-0.2, -0.15) is 0 Å². The summed E-state index contributed by atoms with van der Waals surface area (Å²) in [5, 5.41) is 3.33. The Morgan fingerprint density at radius 2 is 2.16 bits per heavy atom. The van der Waals surface area contributed by atoms with Crippen molar-refractivity contribution < 1.29 is 9.47 Å². The molecule has 3 N–H and O–H groups in total. The topological polar surface area (TPSA) is 82.3 Å². The minimum Gasteiger partial charge on any atom is -0.384 e. The van der Waals surface area contributed by atoms with Crippen molar-refractivity contribution in [3.63, 3.8) is 0 Å². The molecule has 1 atom stereocenters. The first-order chi connectivity index (χ1) is 9.19. The maximum atomic E-state index is 5.78. The van der Waals surface area contributed by atoms with Crippen LogP contribution < -0.4 is 11.1 Å². The van der Waals surface area contributed by atoms with Crippen molar-refractivity contribution in [2.75, 3.05) is 31.4 Å². The predicted molar refractivity (Wildman–Crippen MR) is 76.0 cm³/mol. The first kappa shape index (κ1) is 15.7. The normalized spacial score (nSPS) is 12.4. The fourth-order valence-corrected chi connectivity index (χ4v) is 1.81. The van der Waals surface area contributed by atoms with Crippen molar-refractivity contribution in [1.29, 1.82) is 0 Å². The van der Waals surface area contributed by atoms with Gasteiger partial charge in [-0.15, -0.1) is 0 Å². The number of nitrogens with one attached hydrogen (secondary N) is 1. The van der Waals surface area contributed by atoms with Crippen LogP contribution in [0.3, 0.4) is 0 Å². The largest absolute Gasteiger partial charge is 0.384 e. The van der Waals surface area contributed by atoms with Gasteiger partial charge < -0.3 is 20.5 Å². The maximum absolute atomic E-state index is 5.78. The second kappa shape index (κ2) is 8.66. The highest BCUT2D eigenvalue weighted by molar-refractivity contribution is 5.45. The zero-order valence-corrected chi connectivity index (χ0v) is 12.0. The Kier molecular flexibility index (Phi) is 7.14. The molecular weight excluding hydrogens is 244 g/mol. The van der Waals surface area contributed by atoms with E-state index in [0.717, 1.165) is 18.7 Å². The Morgan fingerprint density at radius 3 is 2.79 bits per heavy atom. The highest BCUT2D eigenvalue weighted by atomic mass is 16.5. The van der Waals surface area contributed by atoms with Crippen LogP contribution in [0.25, 0.3) is 0 Å². The molecule has 0 bridgehead atoms. The van der Waals surface area contributed by atoms with Crippen LogP contribution in [-0.2, 0) is 16.1 Å². The van der Waals surface area contributed by atoms with Crippen LogP contribution in [0.15, 0.2) is 6.07 Å². The van der Waals surface area contributed by atoms with Gasteiger partial charge in [-0.1, -0.05) is 13.3 Å². The van der Waals surface area contributed by atoms with E-state index < -0.39 is 0 Å². The summed E-state index contributed by atoms with van der Waals surface area (Å²) in [5.41, 5.74) is 5.78. The van der Waals surface area contributed by atoms with E-state index in [1.165, 1.54) is 0 Å². The number of nitrogen functional groups attached to an aromatic ring is 1. The number of methoxy groups -OCH3 is 1. The van der Waals surface area contributed by atoms with Gasteiger partial charge in [0.2, 0.25) is 0 Å². The van der Waals surface area contributed by atoms with Crippen molar-refractivity contribution in [2.24, 2.45) is 0 Å². The summed E-state index contributed by atoms with van der Waals surface area (Å²) in [5.74, 6) is 1.76. The number of rotatable bonds is 9. The van der Waals surface area contributed by atoms with Crippen molar-refractivity contribution in [3.05, 3.63) is 11.9 Å². The summed E-state index contributed by atoms with van der Waals surface area (Å²) in [7, 11) is 1.69. The predicted octanol–water partition coefficient (Wildman–Crippen LogP) is 1.82. The zero-order chi connectivity index (χ0) is 14.1. The average molecular weight is 268 g/mol. The fourth-order valence-electron chi connectivity index (χ4n) is 1.81. The molecule has 108 valence electrons. The van der Waals surface area contributed by atoms with Crippen molar-refractivity contribution in [3.8, 4) is 0 Å². The van der Waals surface area contributed by atoms with E-state index in [9.17, 15) is 0 Å². The van der Waals surface area contributed by atoms with Crippen LogP contribution in [0.1, 0.15) is 32.5 Å². The minimum absolute atomic E-state index is 0.226. The summed E-state index contributed by atoms with van der Waals surface area (Å²) in [6.45, 7) is 5.71. The zero-order valence-electron chi connectivity index (χ0n) is 12.0. The van der Waals surface area contributed by atoms with Gasteiger partial charge in [0.05, 0.1) is 12.6 Å². The van der Waals surface area contributed by atoms with Gasteiger partial charge in [0.25, 0.3) is 0 Å². The second-order valence-corrected chi connectivity index (χ2v) is 4.32. The van der Waals surface area contributed by atoms with Crippen molar-refractivity contribution in [1.82, 2.24) is 9.97 Å². The number of ether oxygens (including phenoxy) is 2. The van der Waals surface area contributed by atoms with E-state index >= 15 is 0 Å². The maximum Gasteiger partial charge on any atom is 0.158 e. The number of nitrogens with two attached hydrogens (primary N) is 1. The number of hydrogen-bond acceptors (Lipinski definition) is 6. The van der Waals surface area contributed by atoms with Crippen LogP contribution in [0.4, 0.5) is 11.6 Å². The van der Waals surface area contributed by atoms with Gasteiger partial charge in [-0.25, -0.2) is 9.97 Å². The van der Waals surface area contributed by atoms with Gasteiger partial charge in [0, 0.05) is 19.8 Å². The van der Waals surface area contributed by atoms with Crippen molar-refractivity contribution >= 4 is 11.6 Å². The highest BCUT2D eigenvalue weighted by Gasteiger charge is 2.10. The van der Waals surface area contributed by atoms with Crippen LogP contribution in [0.2, 0.25) is 0 Å². The molecule has 1 heterocycles. The third-order valence-corrected chi connectivity index (χ3v) is 2.58. The Balaban J connectivity index is 2.72. The monoisotopic (exact) mass is 268 g/mol. The standard InChI is InChI=1S/C13H24N4O2/c1-4-6-10(8-18-3)15-12-7-11(14)16-13(17-12)9-19-5-2/h7,10H,4-6,8-9H2,1-3H3,(H3,14,15,16,17). The van der Waals surface area contributed by atoms with E-state index in [-0.39, 0.29) is 6.04 Å². The van der Waals surface area contributed by atoms with Gasteiger partial charge in [-0.05, 0) is 13.3 Å². The smallest absolute Gasteiger partial charge is 0.158 e. The molecule has 0 aliphatic heterocycles. The lowest BCUT2D eigenvalue weighted by molar-refractivity contribution is 0.128. The lowest BCUT2D eigenvalue weighted by Gasteiger charge is -2.18. The molecule has 0 fully saturated rings. The molecule has 1 aromatic rings. The van der Waals surface area contributed by atoms with Gasteiger partial charge in [0.15, 0.2) is 5.82 Å². The molecule has 0 amide bonds. The highest BCUT2D eigenvalue weighted by Crippen LogP contribution is 2.12. The molecule has 0 saturated heterocycles. The van der Waals surface area contributed by atoms with Gasteiger partial charge in [-0.3, -0.25) is 0 Å². The average Bonchev–Trinajstić information content (AvgIpc) is 2.36. The molecule has 6 heteroatoms. The SMILES string of the molecule is CCCC(COC)Nc1cc(N)nc(COCC)n1. The van der Waals surface area contributed by atoms with Crippen LogP contribution in [0, 0.1) is 0 Å². The lowest BCUT2D eigenvalue weighted by Crippen LogP contribution is -2.25. The Hall–Kier alpha value is -1.40. The molecule has 1 rings (SSSR count).